The van der Waals surface area contributed by atoms with Gasteiger partial charge in [-0.2, -0.15) is 0 Å². The van der Waals surface area contributed by atoms with Crippen molar-refractivity contribution in [1.82, 2.24) is 0 Å². The van der Waals surface area contributed by atoms with Crippen LogP contribution in [0.2, 0.25) is 0 Å². The van der Waals surface area contributed by atoms with Crippen LogP contribution in [-0.4, -0.2) is 10.9 Å². The van der Waals surface area contributed by atoms with E-state index in [4.69, 9.17) is 27.9 Å². The second-order valence-corrected chi connectivity index (χ2v) is 6.46. The van der Waals surface area contributed by atoms with E-state index < -0.39 is 10.9 Å². The van der Waals surface area contributed by atoms with Crippen molar-refractivity contribution in [2.45, 2.75) is 13.8 Å². The second-order valence-electron chi connectivity index (χ2n) is 5.45. The molecular weight excluding hydrogens is 317 g/mol. The zero-order valence-electron chi connectivity index (χ0n) is 11.4. The van der Waals surface area contributed by atoms with E-state index in [0.717, 1.165) is 0 Å². The van der Waals surface area contributed by atoms with Gasteiger partial charge in [0.2, 0.25) is 0 Å². The van der Waals surface area contributed by atoms with Crippen molar-refractivity contribution in [3.8, 4) is 5.75 Å². The maximum absolute atomic E-state index is 12.1. The molecule has 21 heavy (non-hydrogen) atoms. The Morgan fingerprint density at radius 2 is 1.90 bits per heavy atom. The number of hydrogen-bond donors (Lipinski definition) is 0. The van der Waals surface area contributed by atoms with Crippen molar-refractivity contribution in [2.75, 3.05) is 0 Å². The first-order valence-electron chi connectivity index (χ1n) is 6.22. The third-order valence-electron chi connectivity index (χ3n) is 3.74. The summed E-state index contributed by atoms with van der Waals surface area (Å²) >= 11 is 11.3. The highest BCUT2D eigenvalue weighted by atomic mass is 35.5. The van der Waals surface area contributed by atoms with Crippen LogP contribution in [0.3, 0.4) is 0 Å². The number of halogens is 2. The van der Waals surface area contributed by atoms with Crippen LogP contribution >= 0.6 is 23.2 Å². The van der Waals surface area contributed by atoms with Crippen LogP contribution in [0, 0.1) is 27.4 Å². The predicted molar refractivity (Wildman–Crippen MR) is 79.3 cm³/mol. The van der Waals surface area contributed by atoms with Crippen molar-refractivity contribution in [2.24, 2.45) is 17.3 Å². The molecule has 1 aliphatic carbocycles. The Hall–Kier alpha value is -1.59. The van der Waals surface area contributed by atoms with Crippen LogP contribution in [0.5, 0.6) is 5.75 Å². The number of nitro groups is 1. The SMILES string of the molecule is CC1(C)[C@@H](C=C(Cl)Cl)[C@@H]1C(=O)Oc1ccc([N+](=O)[O-])cc1. The van der Waals surface area contributed by atoms with Crippen LogP contribution in [0.4, 0.5) is 5.69 Å². The first-order valence-corrected chi connectivity index (χ1v) is 6.98. The quantitative estimate of drug-likeness (QED) is 0.361. The summed E-state index contributed by atoms with van der Waals surface area (Å²) in [6, 6.07) is 5.36. The zero-order valence-corrected chi connectivity index (χ0v) is 12.9. The van der Waals surface area contributed by atoms with Gasteiger partial charge in [0, 0.05) is 12.1 Å². The predicted octanol–water partition coefficient (Wildman–Crippen LogP) is 4.09. The third kappa shape index (κ3) is 3.36. The van der Waals surface area contributed by atoms with Gasteiger partial charge in [0.05, 0.1) is 10.8 Å². The number of carbonyl (C=O) groups is 1. The molecule has 0 radical (unpaired) electrons. The Labute approximate surface area is 131 Å². The molecule has 0 amide bonds. The number of nitro benzene ring substituents is 1. The molecule has 2 rings (SSSR count). The number of hydrogen-bond acceptors (Lipinski definition) is 4. The molecule has 1 saturated carbocycles. The van der Waals surface area contributed by atoms with Crippen LogP contribution in [0.1, 0.15) is 13.8 Å². The van der Waals surface area contributed by atoms with Crippen LogP contribution < -0.4 is 4.74 Å². The molecule has 1 aromatic rings. The summed E-state index contributed by atoms with van der Waals surface area (Å²) in [6.07, 6.45) is 1.63. The fourth-order valence-corrected chi connectivity index (χ4v) is 2.66. The van der Waals surface area contributed by atoms with E-state index in [1.165, 1.54) is 24.3 Å². The minimum absolute atomic E-state index is 0.0590. The summed E-state index contributed by atoms with van der Waals surface area (Å²) in [4.78, 5) is 22.2. The molecule has 0 unspecified atom stereocenters. The highest BCUT2D eigenvalue weighted by molar-refractivity contribution is 6.55. The lowest BCUT2D eigenvalue weighted by Gasteiger charge is -2.04. The van der Waals surface area contributed by atoms with Gasteiger partial charge in [-0.1, -0.05) is 37.0 Å². The summed E-state index contributed by atoms with van der Waals surface area (Å²) in [6.45, 7) is 3.85. The highest BCUT2D eigenvalue weighted by Gasteiger charge is 2.61. The zero-order chi connectivity index (χ0) is 15.8. The minimum atomic E-state index is -0.515. The molecule has 0 spiro atoms. The normalized spacial score (nSPS) is 22.3. The number of non-ortho nitro benzene ring substituents is 1. The topological polar surface area (TPSA) is 69.4 Å². The van der Waals surface area contributed by atoms with Crippen molar-refractivity contribution < 1.29 is 14.5 Å². The summed E-state index contributed by atoms with van der Waals surface area (Å²) in [7, 11) is 0. The summed E-state index contributed by atoms with van der Waals surface area (Å²) < 4.78 is 5.37. The molecule has 0 aromatic heterocycles. The Bertz CT molecular complexity index is 606. The molecule has 0 aliphatic heterocycles. The van der Waals surface area contributed by atoms with Crippen molar-refractivity contribution in [1.29, 1.82) is 0 Å². The van der Waals surface area contributed by atoms with Gasteiger partial charge in [0.1, 0.15) is 10.2 Å². The smallest absolute Gasteiger partial charge is 0.315 e. The van der Waals surface area contributed by atoms with Gasteiger partial charge in [-0.25, -0.2) is 0 Å². The van der Waals surface area contributed by atoms with Crippen LogP contribution in [-0.2, 0) is 4.79 Å². The van der Waals surface area contributed by atoms with Crippen molar-refractivity contribution in [3.05, 3.63) is 44.9 Å². The molecule has 0 saturated heterocycles. The molecule has 1 aromatic carbocycles. The molecule has 0 heterocycles. The second kappa shape index (κ2) is 5.66. The Kier molecular flexibility index (Phi) is 4.25. The number of esters is 1. The van der Waals surface area contributed by atoms with E-state index >= 15 is 0 Å². The molecule has 1 aliphatic rings. The molecule has 5 nitrogen and oxygen atoms in total. The average molecular weight is 330 g/mol. The average Bonchev–Trinajstić information content (AvgIpc) is 2.90. The summed E-state index contributed by atoms with van der Waals surface area (Å²) in [5, 5.41) is 10.5. The third-order valence-corrected chi connectivity index (χ3v) is 3.99. The molecule has 7 heteroatoms. The van der Waals surface area contributed by atoms with Crippen LogP contribution in [0.15, 0.2) is 34.8 Å². The van der Waals surface area contributed by atoms with Gasteiger partial charge in [-0.05, 0) is 29.5 Å². The Morgan fingerprint density at radius 3 is 2.38 bits per heavy atom. The number of allylic oxidation sites excluding steroid dienone is 1. The molecule has 1 fully saturated rings. The van der Waals surface area contributed by atoms with Gasteiger partial charge >= 0.3 is 5.97 Å². The highest BCUT2D eigenvalue weighted by Crippen LogP contribution is 2.60. The van der Waals surface area contributed by atoms with Crippen molar-refractivity contribution >= 4 is 34.9 Å². The largest absolute Gasteiger partial charge is 0.426 e. The number of nitrogens with zero attached hydrogens (tertiary/aromatic N) is 1. The van der Waals surface area contributed by atoms with Gasteiger partial charge in [0.25, 0.3) is 5.69 Å². The van der Waals surface area contributed by atoms with Gasteiger partial charge in [-0.15, -0.1) is 0 Å². The summed E-state index contributed by atoms with van der Waals surface area (Å²) in [5.41, 5.74) is -0.330. The summed E-state index contributed by atoms with van der Waals surface area (Å²) in [5.74, 6) is -0.536. The van der Waals surface area contributed by atoms with E-state index in [-0.39, 0.29) is 33.2 Å². The molecule has 0 N–H and O–H groups in total. The van der Waals surface area contributed by atoms with Gasteiger partial charge in [-0.3, -0.25) is 14.9 Å². The lowest BCUT2D eigenvalue weighted by atomic mass is 10.1. The molecule has 112 valence electrons. The number of carbonyl (C=O) groups excluding carboxylic acids is 1. The standard InChI is InChI=1S/C14H13Cl2NO4/c1-14(2)10(7-11(15)16)12(14)13(18)21-9-5-3-8(4-6-9)17(19)20/h3-7,10,12H,1-2H3/t10-,12+/m0/s1. The lowest BCUT2D eigenvalue weighted by molar-refractivity contribution is -0.384. The lowest BCUT2D eigenvalue weighted by Crippen LogP contribution is -2.13. The van der Waals surface area contributed by atoms with Crippen molar-refractivity contribution in [3.63, 3.8) is 0 Å². The maximum Gasteiger partial charge on any atom is 0.315 e. The molecule has 2 atom stereocenters. The number of rotatable bonds is 4. The minimum Gasteiger partial charge on any atom is -0.426 e. The first-order chi connectivity index (χ1) is 9.73. The first kappa shape index (κ1) is 15.8. The number of benzene rings is 1. The van der Waals surface area contributed by atoms with Crippen LogP contribution in [0.25, 0.3) is 0 Å². The van der Waals surface area contributed by atoms with E-state index in [2.05, 4.69) is 0 Å². The van der Waals surface area contributed by atoms with E-state index in [0.29, 0.717) is 0 Å². The van der Waals surface area contributed by atoms with Gasteiger partial charge < -0.3 is 4.74 Å². The fraction of sp³-hybridized carbons (Fsp3) is 0.357. The molecule has 0 bridgehead atoms. The Morgan fingerprint density at radius 1 is 1.33 bits per heavy atom. The van der Waals surface area contributed by atoms with E-state index in [1.807, 2.05) is 13.8 Å². The molecular formula is C14H13Cl2NO4. The Balaban J connectivity index is 2.05. The van der Waals surface area contributed by atoms with E-state index in [9.17, 15) is 14.9 Å². The maximum atomic E-state index is 12.1. The van der Waals surface area contributed by atoms with Gasteiger partial charge in [0.15, 0.2) is 0 Å². The fourth-order valence-electron chi connectivity index (χ4n) is 2.39. The van der Waals surface area contributed by atoms with E-state index in [1.54, 1.807) is 6.08 Å². The number of ether oxygens (including phenoxy) is 1. The monoisotopic (exact) mass is 329 g/mol.